The summed E-state index contributed by atoms with van der Waals surface area (Å²) < 4.78 is 32.6. The Hall–Kier alpha value is -1.43. The summed E-state index contributed by atoms with van der Waals surface area (Å²) in [6, 6.07) is 3.02. The molecular weight excluding hydrogens is 278 g/mol. The van der Waals surface area contributed by atoms with Crippen molar-refractivity contribution in [2.45, 2.75) is 45.8 Å². The lowest BCUT2D eigenvalue weighted by Crippen LogP contribution is -2.44. The average Bonchev–Trinajstić information content (AvgIpc) is 2.86. The van der Waals surface area contributed by atoms with Crippen molar-refractivity contribution >= 4 is 5.91 Å². The fraction of sp³-hybridized carbons (Fsp3) is 0.667. The van der Waals surface area contributed by atoms with Crippen LogP contribution >= 0.6 is 0 Å². The number of carbonyl (C=O) groups excluding carboxylic acids is 1. The molecular formula is C15H22F2N2O2. The predicted octanol–water partition coefficient (Wildman–Crippen LogP) is 3.22. The molecule has 1 unspecified atom stereocenters. The Balaban J connectivity index is 2.09. The fourth-order valence-electron chi connectivity index (χ4n) is 2.69. The SMILES string of the molecule is CCCOC1CCCN(C(=O)c2ccc(C)n2C(F)F)C1. The normalized spacial score (nSPS) is 19.3. The first kappa shape index (κ1) is 15.9. The predicted molar refractivity (Wildman–Crippen MR) is 75.6 cm³/mol. The van der Waals surface area contributed by atoms with E-state index in [0.717, 1.165) is 23.8 Å². The number of aromatic nitrogens is 1. The zero-order valence-corrected chi connectivity index (χ0v) is 12.5. The maximum Gasteiger partial charge on any atom is 0.319 e. The van der Waals surface area contributed by atoms with Crippen LogP contribution in [-0.4, -0.2) is 41.2 Å². The van der Waals surface area contributed by atoms with Gasteiger partial charge in [0.15, 0.2) is 0 Å². The molecule has 1 saturated heterocycles. The van der Waals surface area contributed by atoms with Crippen molar-refractivity contribution in [3.8, 4) is 0 Å². The first-order valence-electron chi connectivity index (χ1n) is 7.41. The van der Waals surface area contributed by atoms with Crippen molar-refractivity contribution in [2.24, 2.45) is 0 Å². The van der Waals surface area contributed by atoms with Crippen LogP contribution in [0.15, 0.2) is 12.1 Å². The number of halogens is 2. The molecule has 118 valence electrons. The van der Waals surface area contributed by atoms with Crippen LogP contribution < -0.4 is 0 Å². The van der Waals surface area contributed by atoms with Crippen LogP contribution in [0.3, 0.4) is 0 Å². The molecule has 0 spiro atoms. The summed E-state index contributed by atoms with van der Waals surface area (Å²) in [4.78, 5) is 14.1. The fourth-order valence-corrected chi connectivity index (χ4v) is 2.69. The molecule has 4 nitrogen and oxygen atoms in total. The Morgan fingerprint density at radius 1 is 1.48 bits per heavy atom. The van der Waals surface area contributed by atoms with Crippen LogP contribution in [0.1, 0.15) is 48.9 Å². The molecule has 0 saturated carbocycles. The Bertz CT molecular complexity index is 488. The van der Waals surface area contributed by atoms with Gasteiger partial charge in [-0.1, -0.05) is 6.92 Å². The highest BCUT2D eigenvalue weighted by Gasteiger charge is 2.28. The number of amides is 1. The van der Waals surface area contributed by atoms with E-state index in [2.05, 4.69) is 0 Å². The van der Waals surface area contributed by atoms with Gasteiger partial charge < -0.3 is 9.64 Å². The van der Waals surface area contributed by atoms with E-state index in [9.17, 15) is 13.6 Å². The Morgan fingerprint density at radius 3 is 2.90 bits per heavy atom. The highest BCUT2D eigenvalue weighted by molar-refractivity contribution is 5.93. The van der Waals surface area contributed by atoms with Gasteiger partial charge in [0.05, 0.1) is 6.10 Å². The van der Waals surface area contributed by atoms with Gasteiger partial charge >= 0.3 is 6.55 Å². The van der Waals surface area contributed by atoms with Crippen LogP contribution in [-0.2, 0) is 4.74 Å². The van der Waals surface area contributed by atoms with Crippen molar-refractivity contribution in [2.75, 3.05) is 19.7 Å². The summed E-state index contributed by atoms with van der Waals surface area (Å²) in [5, 5.41) is 0. The molecule has 21 heavy (non-hydrogen) atoms. The van der Waals surface area contributed by atoms with E-state index >= 15 is 0 Å². The molecule has 1 aliphatic rings. The van der Waals surface area contributed by atoms with Gasteiger partial charge in [0.2, 0.25) is 0 Å². The smallest absolute Gasteiger partial charge is 0.319 e. The van der Waals surface area contributed by atoms with Gasteiger partial charge in [-0.05, 0) is 38.3 Å². The molecule has 1 fully saturated rings. The highest BCUT2D eigenvalue weighted by atomic mass is 19.3. The third kappa shape index (κ3) is 3.61. The third-order valence-corrected chi connectivity index (χ3v) is 3.76. The molecule has 1 aromatic heterocycles. The number of carbonyl (C=O) groups is 1. The lowest BCUT2D eigenvalue weighted by molar-refractivity contribution is 0.000670. The second kappa shape index (κ2) is 7.02. The van der Waals surface area contributed by atoms with Crippen LogP contribution in [0.4, 0.5) is 8.78 Å². The van der Waals surface area contributed by atoms with E-state index in [1.165, 1.54) is 6.07 Å². The molecule has 0 bridgehead atoms. The minimum atomic E-state index is -2.70. The van der Waals surface area contributed by atoms with Gasteiger partial charge in [0.1, 0.15) is 5.69 Å². The molecule has 1 atom stereocenters. The molecule has 0 radical (unpaired) electrons. The van der Waals surface area contributed by atoms with Crippen LogP contribution in [0.25, 0.3) is 0 Å². The van der Waals surface area contributed by atoms with E-state index in [0.29, 0.717) is 25.4 Å². The van der Waals surface area contributed by atoms with Gasteiger partial charge in [-0.2, -0.15) is 8.78 Å². The van der Waals surface area contributed by atoms with Crippen molar-refractivity contribution in [3.63, 3.8) is 0 Å². The Morgan fingerprint density at radius 2 is 2.24 bits per heavy atom. The molecule has 1 amide bonds. The standard InChI is InChI=1S/C15H22F2N2O2/c1-3-9-21-12-5-4-8-18(10-12)14(20)13-7-6-11(2)19(13)15(16)17/h6-7,12,15H,3-5,8-10H2,1-2H3. The number of ether oxygens (including phenoxy) is 1. The van der Waals surface area contributed by atoms with Gasteiger partial charge in [-0.3, -0.25) is 9.36 Å². The number of nitrogens with zero attached hydrogens (tertiary/aromatic N) is 2. The Labute approximate surface area is 123 Å². The number of hydrogen-bond donors (Lipinski definition) is 0. The van der Waals surface area contributed by atoms with E-state index in [-0.39, 0.29) is 17.7 Å². The van der Waals surface area contributed by atoms with Crippen LogP contribution in [0.2, 0.25) is 0 Å². The van der Waals surface area contributed by atoms with E-state index in [4.69, 9.17) is 4.74 Å². The van der Waals surface area contributed by atoms with Crippen LogP contribution in [0.5, 0.6) is 0 Å². The maximum atomic E-state index is 13.1. The van der Waals surface area contributed by atoms with Crippen LogP contribution in [0, 0.1) is 6.92 Å². The summed E-state index contributed by atoms with van der Waals surface area (Å²) >= 11 is 0. The number of aryl methyl sites for hydroxylation is 1. The number of hydrogen-bond acceptors (Lipinski definition) is 2. The molecule has 2 heterocycles. The topological polar surface area (TPSA) is 34.5 Å². The van der Waals surface area contributed by atoms with E-state index < -0.39 is 6.55 Å². The quantitative estimate of drug-likeness (QED) is 0.837. The second-order valence-corrected chi connectivity index (χ2v) is 5.39. The van der Waals surface area contributed by atoms with Crippen molar-refractivity contribution in [1.82, 2.24) is 9.47 Å². The number of alkyl halides is 2. The molecule has 0 N–H and O–H groups in total. The lowest BCUT2D eigenvalue weighted by atomic mass is 10.1. The molecule has 1 aliphatic heterocycles. The summed E-state index contributed by atoms with van der Waals surface area (Å²) in [7, 11) is 0. The Kier molecular flexibility index (Phi) is 5.33. The largest absolute Gasteiger partial charge is 0.376 e. The van der Waals surface area contributed by atoms with E-state index in [1.54, 1.807) is 17.9 Å². The lowest BCUT2D eigenvalue weighted by Gasteiger charge is -2.32. The van der Waals surface area contributed by atoms with Crippen molar-refractivity contribution < 1.29 is 18.3 Å². The summed E-state index contributed by atoms with van der Waals surface area (Å²) in [6.45, 7) is 2.65. The number of rotatable bonds is 5. The average molecular weight is 300 g/mol. The molecule has 1 aromatic rings. The van der Waals surface area contributed by atoms with Gasteiger partial charge in [-0.25, -0.2) is 0 Å². The van der Waals surface area contributed by atoms with Crippen molar-refractivity contribution in [3.05, 3.63) is 23.5 Å². The summed E-state index contributed by atoms with van der Waals surface area (Å²) in [5.41, 5.74) is 0.447. The third-order valence-electron chi connectivity index (χ3n) is 3.76. The van der Waals surface area contributed by atoms with Crippen molar-refractivity contribution in [1.29, 1.82) is 0 Å². The maximum absolute atomic E-state index is 13.1. The minimum absolute atomic E-state index is 0.0127. The number of likely N-dealkylation sites (tertiary alicyclic amines) is 1. The zero-order chi connectivity index (χ0) is 15.4. The van der Waals surface area contributed by atoms with E-state index in [1.807, 2.05) is 6.92 Å². The summed E-state index contributed by atoms with van der Waals surface area (Å²) in [6.07, 6.45) is 2.70. The molecule has 0 aromatic carbocycles. The van der Waals surface area contributed by atoms with Gasteiger partial charge in [0, 0.05) is 25.4 Å². The summed E-state index contributed by atoms with van der Waals surface area (Å²) in [5.74, 6) is -0.340. The highest BCUT2D eigenvalue weighted by Crippen LogP contribution is 2.22. The first-order valence-corrected chi connectivity index (χ1v) is 7.41. The molecule has 2 rings (SSSR count). The molecule has 0 aliphatic carbocycles. The molecule has 6 heteroatoms. The zero-order valence-electron chi connectivity index (χ0n) is 12.5. The monoisotopic (exact) mass is 300 g/mol. The van der Waals surface area contributed by atoms with Gasteiger partial charge in [0.25, 0.3) is 5.91 Å². The van der Waals surface area contributed by atoms with Gasteiger partial charge in [-0.15, -0.1) is 0 Å². The number of piperidine rings is 1. The minimum Gasteiger partial charge on any atom is -0.376 e. The second-order valence-electron chi connectivity index (χ2n) is 5.39. The first-order chi connectivity index (χ1) is 10.0.